The fourth-order valence-electron chi connectivity index (χ4n) is 1.52. The zero-order valence-electron chi connectivity index (χ0n) is 11.4. The van der Waals surface area contributed by atoms with Gasteiger partial charge in [0.1, 0.15) is 0 Å². The van der Waals surface area contributed by atoms with Crippen LogP contribution in [-0.4, -0.2) is 24.9 Å². The van der Waals surface area contributed by atoms with E-state index in [-0.39, 0.29) is 15.8 Å². The summed E-state index contributed by atoms with van der Waals surface area (Å²) in [7, 11) is 0. The van der Waals surface area contributed by atoms with E-state index in [9.17, 15) is 13.2 Å². The Kier molecular flexibility index (Phi) is 7.21. The lowest BCUT2D eigenvalue weighted by atomic mass is 10.2. The highest BCUT2D eigenvalue weighted by molar-refractivity contribution is 7.80. The van der Waals surface area contributed by atoms with Crippen molar-refractivity contribution in [3.05, 3.63) is 28.8 Å². The molecule has 1 aromatic rings. The average Bonchev–Trinajstić information content (AvgIpc) is 2.36. The Balaban J connectivity index is 2.54. The molecule has 0 fully saturated rings. The topological polar surface area (TPSA) is 33.3 Å². The van der Waals surface area contributed by atoms with Gasteiger partial charge in [0, 0.05) is 30.5 Å². The van der Waals surface area contributed by atoms with Gasteiger partial charge in [-0.1, -0.05) is 11.6 Å². The lowest BCUT2D eigenvalue weighted by Crippen LogP contribution is -2.29. The smallest absolute Gasteiger partial charge is 0.382 e. The van der Waals surface area contributed by atoms with Gasteiger partial charge in [-0.3, -0.25) is 0 Å². The van der Waals surface area contributed by atoms with Gasteiger partial charge in [0.25, 0.3) is 0 Å². The lowest BCUT2D eigenvalue weighted by Gasteiger charge is -2.13. The first-order valence-electron chi connectivity index (χ1n) is 6.33. The predicted octanol–water partition coefficient (Wildman–Crippen LogP) is 4.07. The van der Waals surface area contributed by atoms with Crippen LogP contribution in [0.2, 0.25) is 5.02 Å². The molecule has 0 atom stereocenters. The Labute approximate surface area is 131 Å². The van der Waals surface area contributed by atoms with Gasteiger partial charge in [-0.2, -0.15) is 13.2 Å². The van der Waals surface area contributed by atoms with E-state index in [0.29, 0.717) is 19.8 Å². The van der Waals surface area contributed by atoms with Crippen molar-refractivity contribution >= 4 is 34.6 Å². The van der Waals surface area contributed by atoms with E-state index in [4.69, 9.17) is 28.6 Å². The van der Waals surface area contributed by atoms with E-state index in [1.165, 1.54) is 6.07 Å². The summed E-state index contributed by atoms with van der Waals surface area (Å²) < 4.78 is 43.1. The van der Waals surface area contributed by atoms with Crippen LogP contribution in [-0.2, 0) is 10.9 Å². The summed E-state index contributed by atoms with van der Waals surface area (Å²) in [6, 6.07) is 3.20. The van der Waals surface area contributed by atoms with E-state index in [2.05, 4.69) is 10.6 Å². The number of alkyl halides is 3. The van der Waals surface area contributed by atoms with E-state index in [0.717, 1.165) is 18.6 Å². The second kappa shape index (κ2) is 8.41. The van der Waals surface area contributed by atoms with Crippen molar-refractivity contribution in [3.63, 3.8) is 0 Å². The van der Waals surface area contributed by atoms with Gasteiger partial charge in [0.2, 0.25) is 0 Å². The van der Waals surface area contributed by atoms with Gasteiger partial charge in [-0.15, -0.1) is 0 Å². The molecule has 0 radical (unpaired) electrons. The van der Waals surface area contributed by atoms with Crippen molar-refractivity contribution in [2.75, 3.05) is 25.1 Å². The third kappa shape index (κ3) is 6.97. The van der Waals surface area contributed by atoms with Gasteiger partial charge in [0.15, 0.2) is 5.11 Å². The van der Waals surface area contributed by atoms with Gasteiger partial charge in [-0.05, 0) is 43.8 Å². The number of benzene rings is 1. The number of halogens is 4. The molecule has 0 bridgehead atoms. The van der Waals surface area contributed by atoms with Crippen molar-refractivity contribution in [2.24, 2.45) is 0 Å². The molecule has 21 heavy (non-hydrogen) atoms. The number of ether oxygens (including phenoxy) is 1. The maximum atomic E-state index is 12.7. The van der Waals surface area contributed by atoms with E-state index in [1.54, 1.807) is 0 Å². The van der Waals surface area contributed by atoms with Crippen molar-refractivity contribution in [1.29, 1.82) is 0 Å². The Bertz CT molecular complexity index is 483. The quantitative estimate of drug-likeness (QED) is 0.604. The van der Waals surface area contributed by atoms with E-state index < -0.39 is 11.7 Å². The molecule has 0 aromatic heterocycles. The first kappa shape index (κ1) is 18.0. The molecule has 8 heteroatoms. The molecule has 0 saturated heterocycles. The number of hydrogen-bond donors (Lipinski definition) is 2. The molecule has 0 unspecified atom stereocenters. The van der Waals surface area contributed by atoms with Crippen LogP contribution in [0, 0.1) is 0 Å². The number of thiocarbonyl (C=S) groups is 1. The van der Waals surface area contributed by atoms with Crippen molar-refractivity contribution in [2.45, 2.75) is 19.5 Å². The highest BCUT2D eigenvalue weighted by Crippen LogP contribution is 2.33. The molecule has 118 valence electrons. The third-order valence-corrected chi connectivity index (χ3v) is 2.90. The maximum absolute atomic E-state index is 12.7. The molecule has 0 heterocycles. The number of hydrogen-bond acceptors (Lipinski definition) is 2. The highest BCUT2D eigenvalue weighted by Gasteiger charge is 2.31. The van der Waals surface area contributed by atoms with Gasteiger partial charge in [0.05, 0.1) is 5.56 Å². The monoisotopic (exact) mass is 340 g/mol. The normalized spacial score (nSPS) is 11.3. The average molecular weight is 341 g/mol. The largest absolute Gasteiger partial charge is 0.416 e. The van der Waals surface area contributed by atoms with Gasteiger partial charge >= 0.3 is 6.18 Å². The van der Waals surface area contributed by atoms with Gasteiger partial charge in [-0.25, -0.2) is 0 Å². The van der Waals surface area contributed by atoms with Crippen LogP contribution in [0.1, 0.15) is 18.9 Å². The molecule has 2 N–H and O–H groups in total. The second-order valence-electron chi connectivity index (χ2n) is 4.16. The summed E-state index contributed by atoms with van der Waals surface area (Å²) >= 11 is 10.7. The zero-order valence-corrected chi connectivity index (χ0v) is 13.0. The third-order valence-electron chi connectivity index (χ3n) is 2.44. The van der Waals surface area contributed by atoms with Crippen LogP contribution in [0.15, 0.2) is 18.2 Å². The highest BCUT2D eigenvalue weighted by atomic mass is 35.5. The summed E-state index contributed by atoms with van der Waals surface area (Å²) in [4.78, 5) is 0. The molecular weight excluding hydrogens is 325 g/mol. The second-order valence-corrected chi connectivity index (χ2v) is 5.00. The molecule has 0 aliphatic rings. The summed E-state index contributed by atoms with van der Waals surface area (Å²) in [5.74, 6) is 0. The summed E-state index contributed by atoms with van der Waals surface area (Å²) in [6.45, 7) is 3.71. The fraction of sp³-hybridized carbons (Fsp3) is 0.462. The maximum Gasteiger partial charge on any atom is 0.416 e. The van der Waals surface area contributed by atoms with E-state index in [1.807, 2.05) is 6.92 Å². The van der Waals surface area contributed by atoms with Crippen LogP contribution in [0.25, 0.3) is 0 Å². The number of anilines is 1. The summed E-state index contributed by atoms with van der Waals surface area (Å²) in [5, 5.41) is 5.79. The van der Waals surface area contributed by atoms with Crippen molar-refractivity contribution in [3.8, 4) is 0 Å². The van der Waals surface area contributed by atoms with Crippen LogP contribution < -0.4 is 10.6 Å². The predicted molar refractivity (Wildman–Crippen MR) is 81.8 cm³/mol. The van der Waals surface area contributed by atoms with Crippen molar-refractivity contribution < 1.29 is 17.9 Å². The van der Waals surface area contributed by atoms with Crippen LogP contribution in [0.4, 0.5) is 18.9 Å². The minimum Gasteiger partial charge on any atom is -0.382 e. The molecule has 0 amide bonds. The molecule has 0 saturated carbocycles. The molecule has 0 aliphatic heterocycles. The summed E-state index contributed by atoms with van der Waals surface area (Å²) in [5.41, 5.74) is -0.631. The van der Waals surface area contributed by atoms with Crippen LogP contribution in [0.3, 0.4) is 0 Å². The van der Waals surface area contributed by atoms with Gasteiger partial charge < -0.3 is 15.4 Å². The molecule has 3 nitrogen and oxygen atoms in total. The molecule has 1 aromatic carbocycles. The minimum atomic E-state index is -4.45. The molecular formula is C13H16ClF3N2OS. The van der Waals surface area contributed by atoms with Crippen LogP contribution in [0.5, 0.6) is 0 Å². The molecule has 0 spiro atoms. The minimum absolute atomic E-state index is 0.00790. The van der Waals surface area contributed by atoms with Crippen molar-refractivity contribution in [1.82, 2.24) is 5.32 Å². The Hall–Kier alpha value is -1.05. The molecule has 0 aliphatic carbocycles. The molecule has 1 rings (SSSR count). The Morgan fingerprint density at radius 3 is 2.67 bits per heavy atom. The first-order valence-corrected chi connectivity index (χ1v) is 7.12. The fourth-order valence-corrected chi connectivity index (χ4v) is 1.98. The number of nitrogens with one attached hydrogen (secondary N) is 2. The van der Waals surface area contributed by atoms with Crippen LogP contribution >= 0.6 is 23.8 Å². The Morgan fingerprint density at radius 2 is 2.05 bits per heavy atom. The first-order chi connectivity index (χ1) is 9.82. The SMILES string of the molecule is CCOCCCNC(=S)Nc1cc(Cl)cc(C(F)(F)F)c1. The summed E-state index contributed by atoms with van der Waals surface area (Å²) in [6.07, 6.45) is -3.70. The standard InChI is InChI=1S/C13H16ClF3N2OS/c1-2-20-5-3-4-18-12(21)19-11-7-9(13(15,16)17)6-10(14)8-11/h6-8H,2-5H2,1H3,(H2,18,19,21). The van der Waals surface area contributed by atoms with E-state index >= 15 is 0 Å². The zero-order chi connectivity index (χ0) is 15.9. The Morgan fingerprint density at radius 1 is 1.33 bits per heavy atom. The number of rotatable bonds is 6. The lowest BCUT2D eigenvalue weighted by molar-refractivity contribution is -0.137.